The van der Waals surface area contributed by atoms with Crippen molar-refractivity contribution < 1.29 is 19.1 Å². The molecule has 0 aliphatic carbocycles. The lowest BCUT2D eigenvalue weighted by atomic mass is 9.95. The highest BCUT2D eigenvalue weighted by atomic mass is 16.5. The average Bonchev–Trinajstić information content (AvgIpc) is 3.20. The molecule has 0 radical (unpaired) electrons. The Morgan fingerprint density at radius 2 is 2.12 bits per heavy atom. The summed E-state index contributed by atoms with van der Waals surface area (Å²) >= 11 is 0. The molecule has 5 nitrogen and oxygen atoms in total. The van der Waals surface area contributed by atoms with Gasteiger partial charge < -0.3 is 14.3 Å². The van der Waals surface area contributed by atoms with E-state index in [1.54, 1.807) is 13.0 Å². The third kappa shape index (κ3) is 3.22. The van der Waals surface area contributed by atoms with Gasteiger partial charge in [0.1, 0.15) is 17.1 Å². The molecule has 3 heterocycles. The summed E-state index contributed by atoms with van der Waals surface area (Å²) in [5, 5.41) is 9.20. The smallest absolute Gasteiger partial charge is 0.339 e. The van der Waals surface area contributed by atoms with Crippen molar-refractivity contribution >= 4 is 5.97 Å². The molecule has 2 aliphatic heterocycles. The molecule has 2 saturated heterocycles. The van der Waals surface area contributed by atoms with Gasteiger partial charge in [-0.05, 0) is 44.4 Å². The summed E-state index contributed by atoms with van der Waals surface area (Å²) in [7, 11) is 0. The topological polar surface area (TPSA) is 62.9 Å². The Balaban J connectivity index is 1.49. The number of fused-ring (bicyclic) bond motifs is 1. The molecule has 25 heavy (non-hydrogen) atoms. The van der Waals surface area contributed by atoms with Gasteiger partial charge in [0, 0.05) is 6.04 Å². The van der Waals surface area contributed by atoms with Gasteiger partial charge in [0.05, 0.1) is 18.8 Å². The van der Waals surface area contributed by atoms with Crippen LogP contribution < -0.4 is 0 Å². The number of rotatable bonds is 4. The first kappa shape index (κ1) is 16.4. The number of hydrogen-bond acceptors (Lipinski definition) is 4. The molecule has 2 aromatic rings. The number of carbonyl (C=O) groups is 1. The van der Waals surface area contributed by atoms with Crippen molar-refractivity contribution in [3.05, 3.63) is 59.0 Å². The number of piperidine rings is 1. The second kappa shape index (κ2) is 6.65. The number of hydrogen-bond donors (Lipinski definition) is 1. The SMILES string of the molecule is Cc1oc(CN2CCC[C@@H]3O[C@H](c4ccccc4)C[C@@H]32)cc1C(=O)O. The zero-order valence-corrected chi connectivity index (χ0v) is 14.4. The minimum absolute atomic E-state index is 0.143. The van der Waals surface area contributed by atoms with Crippen molar-refractivity contribution in [2.75, 3.05) is 6.54 Å². The maximum Gasteiger partial charge on any atom is 0.339 e. The van der Waals surface area contributed by atoms with Gasteiger partial charge in [-0.2, -0.15) is 0 Å². The highest BCUT2D eigenvalue weighted by Crippen LogP contribution is 2.40. The number of aryl methyl sites for hydroxylation is 1. The zero-order valence-electron chi connectivity index (χ0n) is 14.4. The van der Waals surface area contributed by atoms with Crippen LogP contribution in [0.4, 0.5) is 0 Å². The van der Waals surface area contributed by atoms with Crippen LogP contribution in [-0.2, 0) is 11.3 Å². The molecule has 5 heteroatoms. The molecule has 1 aromatic heterocycles. The van der Waals surface area contributed by atoms with Crippen LogP contribution in [0.1, 0.15) is 52.8 Å². The van der Waals surface area contributed by atoms with E-state index < -0.39 is 5.97 Å². The van der Waals surface area contributed by atoms with Gasteiger partial charge in [-0.25, -0.2) is 4.79 Å². The van der Waals surface area contributed by atoms with Crippen LogP contribution in [0.15, 0.2) is 40.8 Å². The number of aromatic carboxylic acids is 1. The molecular formula is C20H23NO4. The van der Waals surface area contributed by atoms with Crippen molar-refractivity contribution in [1.29, 1.82) is 0 Å². The average molecular weight is 341 g/mol. The minimum atomic E-state index is -0.933. The minimum Gasteiger partial charge on any atom is -0.478 e. The van der Waals surface area contributed by atoms with E-state index in [1.807, 2.05) is 6.07 Å². The van der Waals surface area contributed by atoms with Crippen LogP contribution in [0, 0.1) is 6.92 Å². The van der Waals surface area contributed by atoms with Crippen LogP contribution in [0.2, 0.25) is 0 Å². The fraction of sp³-hybridized carbons (Fsp3) is 0.450. The lowest BCUT2D eigenvalue weighted by Gasteiger charge is -2.35. The fourth-order valence-corrected chi connectivity index (χ4v) is 4.15. The molecule has 0 saturated carbocycles. The zero-order chi connectivity index (χ0) is 17.4. The van der Waals surface area contributed by atoms with Crippen LogP contribution in [0.3, 0.4) is 0 Å². The Morgan fingerprint density at radius 1 is 1.32 bits per heavy atom. The molecule has 132 valence electrons. The lowest BCUT2D eigenvalue weighted by molar-refractivity contribution is -0.00716. The van der Waals surface area contributed by atoms with Crippen molar-refractivity contribution in [3.8, 4) is 0 Å². The normalized spacial score (nSPS) is 26.5. The molecule has 0 bridgehead atoms. The summed E-state index contributed by atoms with van der Waals surface area (Å²) in [5.41, 5.74) is 1.49. The van der Waals surface area contributed by atoms with Gasteiger partial charge in [-0.15, -0.1) is 0 Å². The predicted molar refractivity (Wildman–Crippen MR) is 92.5 cm³/mol. The van der Waals surface area contributed by atoms with Gasteiger partial charge in [0.2, 0.25) is 0 Å². The Kier molecular flexibility index (Phi) is 4.36. The van der Waals surface area contributed by atoms with Gasteiger partial charge in [-0.3, -0.25) is 4.90 Å². The maximum atomic E-state index is 11.2. The summed E-state index contributed by atoms with van der Waals surface area (Å²) in [6.07, 6.45) is 3.54. The highest BCUT2D eigenvalue weighted by molar-refractivity contribution is 5.88. The lowest BCUT2D eigenvalue weighted by Crippen LogP contribution is -2.44. The number of carboxylic acids is 1. The number of ether oxygens (including phenoxy) is 1. The van der Waals surface area contributed by atoms with E-state index in [0.717, 1.165) is 31.6 Å². The molecule has 3 atom stereocenters. The Labute approximate surface area is 147 Å². The van der Waals surface area contributed by atoms with Crippen LogP contribution in [0.25, 0.3) is 0 Å². The highest BCUT2D eigenvalue weighted by Gasteiger charge is 2.41. The summed E-state index contributed by atoms with van der Waals surface area (Å²) < 4.78 is 12.0. The molecule has 0 unspecified atom stereocenters. The largest absolute Gasteiger partial charge is 0.478 e. The molecule has 1 aromatic carbocycles. The Hall–Kier alpha value is -2.11. The summed E-state index contributed by atoms with van der Waals surface area (Å²) in [6, 6.07) is 12.4. The van der Waals surface area contributed by atoms with E-state index in [1.165, 1.54) is 5.56 Å². The van der Waals surface area contributed by atoms with Crippen molar-refractivity contribution in [1.82, 2.24) is 4.90 Å². The van der Waals surface area contributed by atoms with E-state index in [9.17, 15) is 9.90 Å². The number of furan rings is 1. The van der Waals surface area contributed by atoms with E-state index in [-0.39, 0.29) is 17.8 Å². The van der Waals surface area contributed by atoms with E-state index in [4.69, 9.17) is 9.15 Å². The van der Waals surface area contributed by atoms with Gasteiger partial charge in [0.25, 0.3) is 0 Å². The first-order valence-corrected chi connectivity index (χ1v) is 8.89. The van der Waals surface area contributed by atoms with Gasteiger partial charge in [-0.1, -0.05) is 30.3 Å². The monoisotopic (exact) mass is 341 g/mol. The van der Waals surface area contributed by atoms with E-state index in [2.05, 4.69) is 29.2 Å². The van der Waals surface area contributed by atoms with Crippen molar-refractivity contribution in [2.24, 2.45) is 0 Å². The number of carboxylic acid groups (broad SMARTS) is 1. The van der Waals surface area contributed by atoms with Crippen molar-refractivity contribution in [2.45, 2.75) is 51.0 Å². The predicted octanol–water partition coefficient (Wildman–Crippen LogP) is 3.78. The van der Waals surface area contributed by atoms with Gasteiger partial charge in [0.15, 0.2) is 0 Å². The van der Waals surface area contributed by atoms with Crippen molar-refractivity contribution in [3.63, 3.8) is 0 Å². The van der Waals surface area contributed by atoms with Gasteiger partial charge >= 0.3 is 5.97 Å². The summed E-state index contributed by atoms with van der Waals surface area (Å²) in [5.74, 6) is 0.261. The Bertz CT molecular complexity index is 754. The molecule has 4 rings (SSSR count). The van der Waals surface area contributed by atoms with E-state index >= 15 is 0 Å². The van der Waals surface area contributed by atoms with Crippen LogP contribution >= 0.6 is 0 Å². The number of nitrogens with zero attached hydrogens (tertiary/aromatic N) is 1. The fourth-order valence-electron chi connectivity index (χ4n) is 4.15. The molecule has 2 aliphatic rings. The quantitative estimate of drug-likeness (QED) is 0.917. The molecular weight excluding hydrogens is 318 g/mol. The molecule has 1 N–H and O–H groups in total. The molecule has 2 fully saturated rings. The third-order valence-corrected chi connectivity index (χ3v) is 5.36. The second-order valence-corrected chi connectivity index (χ2v) is 6.98. The first-order valence-electron chi connectivity index (χ1n) is 8.89. The number of likely N-dealkylation sites (tertiary alicyclic amines) is 1. The van der Waals surface area contributed by atoms with Crippen LogP contribution in [-0.4, -0.2) is 34.7 Å². The molecule has 0 amide bonds. The van der Waals surface area contributed by atoms with E-state index in [0.29, 0.717) is 18.3 Å². The third-order valence-electron chi connectivity index (χ3n) is 5.36. The first-order chi connectivity index (χ1) is 12.1. The summed E-state index contributed by atoms with van der Waals surface area (Å²) in [4.78, 5) is 13.6. The summed E-state index contributed by atoms with van der Waals surface area (Å²) in [6.45, 7) is 3.34. The molecule has 0 spiro atoms. The second-order valence-electron chi connectivity index (χ2n) is 6.98. The maximum absolute atomic E-state index is 11.2. The number of benzene rings is 1. The standard InChI is InChI=1S/C20H23NO4/c1-13-16(20(22)23)10-15(24-13)12-21-9-5-8-18-17(21)11-19(25-18)14-6-3-2-4-7-14/h2-4,6-7,10,17-19H,5,8-9,11-12H2,1H3,(H,22,23)/t17-,18-,19-/m0/s1. The van der Waals surface area contributed by atoms with Crippen LogP contribution in [0.5, 0.6) is 0 Å². The Morgan fingerprint density at radius 3 is 2.84 bits per heavy atom.